The lowest BCUT2D eigenvalue weighted by Crippen LogP contribution is -2.19. The Hall–Kier alpha value is -0.530. The monoisotopic (exact) mass is 288 g/mol. The summed E-state index contributed by atoms with van der Waals surface area (Å²) in [5.41, 5.74) is 0. The van der Waals surface area contributed by atoms with Crippen LogP contribution in [0.5, 0.6) is 0 Å². The number of rotatable bonds is 4. The highest BCUT2D eigenvalue weighted by molar-refractivity contribution is 9.10. The van der Waals surface area contributed by atoms with E-state index in [1.807, 2.05) is 0 Å². The number of aliphatic hydroxyl groups is 1. The van der Waals surface area contributed by atoms with Crippen molar-refractivity contribution in [3.63, 3.8) is 0 Å². The van der Waals surface area contributed by atoms with E-state index in [0.29, 0.717) is 4.47 Å². The van der Waals surface area contributed by atoms with Gasteiger partial charge in [0.2, 0.25) is 0 Å². The van der Waals surface area contributed by atoms with Crippen LogP contribution in [-0.4, -0.2) is 24.5 Å². The topological polar surface area (TPSA) is 42.6 Å². The molecule has 0 radical (unpaired) electrons. The molecule has 3 nitrogen and oxygen atoms in total. The number of ether oxygens (including phenoxy) is 1. The molecule has 0 spiro atoms. The summed E-state index contributed by atoms with van der Waals surface area (Å²) in [5, 5.41) is 9.37. The van der Waals surface area contributed by atoms with Crippen molar-refractivity contribution < 1.29 is 27.4 Å². The molecule has 1 rings (SSSR count). The molecule has 0 aromatic carbocycles. The predicted molar refractivity (Wildman–Crippen MR) is 48.2 cm³/mol. The first-order valence-electron chi connectivity index (χ1n) is 3.95. The van der Waals surface area contributed by atoms with Crippen LogP contribution in [0.4, 0.5) is 13.2 Å². The number of halogens is 4. The van der Waals surface area contributed by atoms with E-state index in [1.54, 1.807) is 0 Å². The Balaban J connectivity index is 2.37. The molecule has 1 heterocycles. The highest BCUT2D eigenvalue weighted by Gasteiger charge is 2.28. The third kappa shape index (κ3) is 4.23. The van der Waals surface area contributed by atoms with Gasteiger partial charge in [-0.3, -0.25) is 0 Å². The largest absolute Gasteiger partial charge is 0.465 e. The van der Waals surface area contributed by atoms with E-state index in [0.717, 1.165) is 0 Å². The van der Waals surface area contributed by atoms with Crippen LogP contribution in [0.3, 0.4) is 0 Å². The highest BCUT2D eigenvalue weighted by atomic mass is 79.9. The summed E-state index contributed by atoms with van der Waals surface area (Å²) < 4.78 is 44.7. The first-order chi connectivity index (χ1) is 6.90. The summed E-state index contributed by atoms with van der Waals surface area (Å²) in [6.07, 6.45) is -4.29. The fourth-order valence-electron chi connectivity index (χ4n) is 0.905. The molecule has 0 aliphatic carbocycles. The molecule has 0 aliphatic heterocycles. The van der Waals surface area contributed by atoms with Crippen molar-refractivity contribution >= 4 is 15.9 Å². The molecule has 1 aromatic heterocycles. The predicted octanol–water partition coefficient (Wildman–Crippen LogP) is 2.65. The van der Waals surface area contributed by atoms with Gasteiger partial charge in [0.05, 0.1) is 17.3 Å². The minimum atomic E-state index is -4.39. The Labute approximate surface area is 92.0 Å². The SMILES string of the molecule is OC(COCC(F)(F)F)c1occc1Br. The lowest BCUT2D eigenvalue weighted by atomic mass is 10.3. The third-order valence-electron chi connectivity index (χ3n) is 1.49. The van der Waals surface area contributed by atoms with Gasteiger partial charge in [0, 0.05) is 0 Å². The summed E-state index contributed by atoms with van der Waals surface area (Å²) in [4.78, 5) is 0. The van der Waals surface area contributed by atoms with Crippen molar-refractivity contribution in [3.05, 3.63) is 22.6 Å². The van der Waals surface area contributed by atoms with E-state index in [1.165, 1.54) is 12.3 Å². The number of hydrogen-bond acceptors (Lipinski definition) is 3. The van der Waals surface area contributed by atoms with E-state index >= 15 is 0 Å². The lowest BCUT2D eigenvalue weighted by molar-refractivity contribution is -0.179. The van der Waals surface area contributed by atoms with E-state index in [4.69, 9.17) is 4.42 Å². The zero-order chi connectivity index (χ0) is 11.5. The second-order valence-corrected chi connectivity index (χ2v) is 3.63. The summed E-state index contributed by atoms with van der Waals surface area (Å²) in [6.45, 7) is -1.85. The Morgan fingerprint density at radius 1 is 1.53 bits per heavy atom. The van der Waals surface area contributed by atoms with Gasteiger partial charge >= 0.3 is 6.18 Å². The number of furan rings is 1. The zero-order valence-corrected chi connectivity index (χ0v) is 9.01. The van der Waals surface area contributed by atoms with Gasteiger partial charge in [-0.2, -0.15) is 13.2 Å². The van der Waals surface area contributed by atoms with Gasteiger partial charge in [-0.1, -0.05) is 0 Å². The van der Waals surface area contributed by atoms with Gasteiger partial charge in [-0.05, 0) is 22.0 Å². The molecule has 15 heavy (non-hydrogen) atoms. The van der Waals surface area contributed by atoms with Crippen molar-refractivity contribution in [1.82, 2.24) is 0 Å². The quantitative estimate of drug-likeness (QED) is 0.926. The molecule has 1 N–H and O–H groups in total. The standard InChI is InChI=1S/C8H8BrF3O3/c9-5-1-2-15-7(5)6(13)3-14-4-8(10,11)12/h1-2,6,13H,3-4H2. The van der Waals surface area contributed by atoms with Crippen LogP contribution in [0.25, 0.3) is 0 Å². The minimum Gasteiger partial charge on any atom is -0.465 e. The molecule has 1 atom stereocenters. The third-order valence-corrected chi connectivity index (χ3v) is 2.14. The molecule has 7 heteroatoms. The van der Waals surface area contributed by atoms with E-state index in [9.17, 15) is 18.3 Å². The van der Waals surface area contributed by atoms with Crippen molar-refractivity contribution in [2.24, 2.45) is 0 Å². The fraction of sp³-hybridized carbons (Fsp3) is 0.500. The van der Waals surface area contributed by atoms with Crippen molar-refractivity contribution in [2.75, 3.05) is 13.2 Å². The van der Waals surface area contributed by atoms with Crippen LogP contribution >= 0.6 is 15.9 Å². The maximum Gasteiger partial charge on any atom is 0.411 e. The Bertz CT molecular complexity index is 310. The molecule has 0 amide bonds. The first-order valence-corrected chi connectivity index (χ1v) is 4.75. The van der Waals surface area contributed by atoms with E-state index in [-0.39, 0.29) is 5.76 Å². The molecule has 86 valence electrons. The second-order valence-electron chi connectivity index (χ2n) is 2.78. The van der Waals surface area contributed by atoms with Crippen LogP contribution in [0.1, 0.15) is 11.9 Å². The number of hydrogen-bond donors (Lipinski definition) is 1. The zero-order valence-electron chi connectivity index (χ0n) is 7.42. The van der Waals surface area contributed by atoms with Crippen LogP contribution < -0.4 is 0 Å². The minimum absolute atomic E-state index is 0.150. The van der Waals surface area contributed by atoms with Gasteiger partial charge in [0.25, 0.3) is 0 Å². The highest BCUT2D eigenvalue weighted by Crippen LogP contribution is 2.25. The summed E-state index contributed by atoms with van der Waals surface area (Å²) in [5.74, 6) is 0.150. The van der Waals surface area contributed by atoms with E-state index in [2.05, 4.69) is 20.7 Å². The number of aliphatic hydroxyl groups excluding tert-OH is 1. The Morgan fingerprint density at radius 3 is 2.67 bits per heavy atom. The Kier molecular flexibility index (Phi) is 4.18. The van der Waals surface area contributed by atoms with Gasteiger partial charge in [-0.25, -0.2) is 0 Å². The van der Waals surface area contributed by atoms with E-state index < -0.39 is 25.5 Å². The molecule has 1 unspecified atom stereocenters. The molecule has 0 fully saturated rings. The molecule has 0 aliphatic rings. The average molecular weight is 289 g/mol. The van der Waals surface area contributed by atoms with Crippen LogP contribution in [0.15, 0.2) is 21.2 Å². The van der Waals surface area contributed by atoms with Crippen LogP contribution in [0, 0.1) is 0 Å². The molecular weight excluding hydrogens is 281 g/mol. The second kappa shape index (κ2) is 5.00. The summed E-state index contributed by atoms with van der Waals surface area (Å²) >= 11 is 3.07. The normalized spacial score (nSPS) is 14.2. The van der Waals surface area contributed by atoms with Crippen LogP contribution in [-0.2, 0) is 4.74 Å². The van der Waals surface area contributed by atoms with Gasteiger partial charge in [0.15, 0.2) is 0 Å². The lowest BCUT2D eigenvalue weighted by Gasteiger charge is -2.11. The molecule has 0 bridgehead atoms. The molecular formula is C8H8BrF3O3. The van der Waals surface area contributed by atoms with Crippen molar-refractivity contribution in [3.8, 4) is 0 Å². The van der Waals surface area contributed by atoms with Gasteiger partial charge < -0.3 is 14.3 Å². The smallest absolute Gasteiger partial charge is 0.411 e. The Morgan fingerprint density at radius 2 is 2.20 bits per heavy atom. The van der Waals surface area contributed by atoms with Crippen molar-refractivity contribution in [2.45, 2.75) is 12.3 Å². The van der Waals surface area contributed by atoms with Gasteiger partial charge in [0.1, 0.15) is 18.5 Å². The summed E-state index contributed by atoms with van der Waals surface area (Å²) in [7, 11) is 0. The van der Waals surface area contributed by atoms with Crippen LogP contribution in [0.2, 0.25) is 0 Å². The molecule has 1 aromatic rings. The van der Waals surface area contributed by atoms with Gasteiger partial charge in [-0.15, -0.1) is 0 Å². The summed E-state index contributed by atoms with van der Waals surface area (Å²) in [6, 6.07) is 1.53. The maximum absolute atomic E-state index is 11.7. The number of alkyl halides is 3. The average Bonchev–Trinajstić information content (AvgIpc) is 2.48. The maximum atomic E-state index is 11.7. The molecule has 0 saturated heterocycles. The first kappa shape index (κ1) is 12.5. The fourth-order valence-corrected chi connectivity index (χ4v) is 1.37. The van der Waals surface area contributed by atoms with Crippen molar-refractivity contribution in [1.29, 1.82) is 0 Å². The molecule has 0 saturated carbocycles.